The summed E-state index contributed by atoms with van der Waals surface area (Å²) in [7, 11) is 4.25. The third kappa shape index (κ3) is 3.54. The van der Waals surface area contributed by atoms with Gasteiger partial charge in [-0.25, -0.2) is 0 Å². The van der Waals surface area contributed by atoms with E-state index in [0.717, 1.165) is 56.8 Å². The van der Waals surface area contributed by atoms with Crippen LogP contribution in [0.5, 0.6) is 0 Å². The van der Waals surface area contributed by atoms with Gasteiger partial charge in [0, 0.05) is 37.6 Å². The lowest BCUT2D eigenvalue weighted by Gasteiger charge is -2.51. The maximum atomic E-state index is 13.5. The van der Waals surface area contributed by atoms with E-state index in [0.29, 0.717) is 0 Å². The van der Waals surface area contributed by atoms with Gasteiger partial charge < -0.3 is 14.8 Å². The molecule has 0 unspecified atom stereocenters. The van der Waals surface area contributed by atoms with Crippen LogP contribution in [-0.4, -0.2) is 65.6 Å². The van der Waals surface area contributed by atoms with E-state index in [-0.39, 0.29) is 36.3 Å². The van der Waals surface area contributed by atoms with Gasteiger partial charge in [-0.05, 0) is 58.0 Å². The van der Waals surface area contributed by atoms with Crippen molar-refractivity contribution in [3.8, 4) is 0 Å². The van der Waals surface area contributed by atoms with Crippen LogP contribution in [-0.2, 0) is 7.05 Å². The summed E-state index contributed by atoms with van der Waals surface area (Å²) in [6.07, 6.45) is 2.22. The summed E-state index contributed by atoms with van der Waals surface area (Å²) < 4.78 is 2.11. The average Bonchev–Trinajstić information content (AvgIpc) is 2.90. The van der Waals surface area contributed by atoms with Crippen LogP contribution in [0.15, 0.2) is 18.2 Å². The number of halogens is 2. The molecule has 2 aliphatic rings. The Labute approximate surface area is 180 Å². The molecule has 0 radical (unpaired) electrons. The zero-order valence-corrected chi connectivity index (χ0v) is 18.9. The van der Waals surface area contributed by atoms with Crippen LogP contribution >= 0.6 is 24.8 Å². The summed E-state index contributed by atoms with van der Waals surface area (Å²) in [6, 6.07) is 6.33. The van der Waals surface area contributed by atoms with Gasteiger partial charge in [-0.3, -0.25) is 9.69 Å². The quantitative estimate of drug-likeness (QED) is 0.760. The SMILES string of the molecule is Cc1c(C(=O)N2CCN(C)C3(CCNCC3)C2)n(C)c2c(C)cccc12.Cl.Cl. The third-order valence-corrected chi connectivity index (χ3v) is 6.69. The van der Waals surface area contributed by atoms with Crippen LogP contribution in [0.2, 0.25) is 0 Å². The van der Waals surface area contributed by atoms with E-state index in [1.807, 2.05) is 7.05 Å². The second kappa shape index (κ2) is 8.62. The number of amides is 1. The molecule has 1 aromatic heterocycles. The number of piperidine rings is 1. The fraction of sp³-hybridized carbons (Fsp3) is 0.571. The van der Waals surface area contributed by atoms with Crippen molar-refractivity contribution in [2.45, 2.75) is 32.2 Å². The molecule has 2 fully saturated rings. The number of benzene rings is 1. The highest BCUT2D eigenvalue weighted by atomic mass is 35.5. The maximum absolute atomic E-state index is 13.5. The lowest BCUT2D eigenvalue weighted by atomic mass is 9.84. The van der Waals surface area contributed by atoms with Crippen molar-refractivity contribution in [2.24, 2.45) is 7.05 Å². The van der Waals surface area contributed by atoms with Gasteiger partial charge in [0.05, 0.1) is 5.52 Å². The number of aryl methyl sites for hydroxylation is 3. The second-order valence-electron chi connectivity index (χ2n) is 8.13. The molecule has 156 valence electrons. The number of likely N-dealkylation sites (N-methyl/N-ethyl adjacent to an activating group) is 1. The molecule has 0 saturated carbocycles. The van der Waals surface area contributed by atoms with Gasteiger partial charge in [0.25, 0.3) is 5.91 Å². The highest BCUT2D eigenvalue weighted by Gasteiger charge is 2.42. The number of piperazine rings is 1. The van der Waals surface area contributed by atoms with Gasteiger partial charge in [0.2, 0.25) is 0 Å². The molecule has 4 rings (SSSR count). The molecular formula is C21H32Cl2N4O. The molecular weight excluding hydrogens is 395 g/mol. The lowest BCUT2D eigenvalue weighted by Crippen LogP contribution is -2.65. The first kappa shape index (κ1) is 23.0. The second-order valence-corrected chi connectivity index (χ2v) is 8.13. The van der Waals surface area contributed by atoms with E-state index >= 15 is 0 Å². The number of carbonyl (C=O) groups excluding carboxylic acids is 1. The van der Waals surface area contributed by atoms with Crippen molar-refractivity contribution in [2.75, 3.05) is 39.8 Å². The average molecular weight is 427 g/mol. The third-order valence-electron chi connectivity index (χ3n) is 6.69. The smallest absolute Gasteiger partial charge is 0.270 e. The number of nitrogens with zero attached hydrogens (tertiary/aromatic N) is 3. The lowest BCUT2D eigenvalue weighted by molar-refractivity contribution is -0.00140. The molecule has 3 heterocycles. The first-order valence-electron chi connectivity index (χ1n) is 9.70. The van der Waals surface area contributed by atoms with Gasteiger partial charge in [0.15, 0.2) is 0 Å². The minimum atomic E-state index is 0. The van der Waals surface area contributed by atoms with Crippen molar-refractivity contribution < 1.29 is 4.79 Å². The number of hydrogen-bond acceptors (Lipinski definition) is 3. The summed E-state index contributed by atoms with van der Waals surface area (Å²) in [4.78, 5) is 18.1. The molecule has 1 spiro atoms. The number of hydrogen-bond donors (Lipinski definition) is 1. The number of carbonyl (C=O) groups is 1. The first-order chi connectivity index (χ1) is 12.4. The molecule has 1 amide bonds. The summed E-state index contributed by atoms with van der Waals surface area (Å²) in [6.45, 7) is 8.89. The molecule has 1 N–H and O–H groups in total. The summed E-state index contributed by atoms with van der Waals surface area (Å²) in [5.41, 5.74) is 4.49. The maximum Gasteiger partial charge on any atom is 0.270 e. The predicted octanol–water partition coefficient (Wildman–Crippen LogP) is 3.15. The Bertz CT molecular complexity index is 858. The number of aromatic nitrogens is 1. The zero-order chi connectivity index (χ0) is 18.5. The van der Waals surface area contributed by atoms with Crippen LogP contribution in [0.25, 0.3) is 10.9 Å². The highest BCUT2D eigenvalue weighted by Crippen LogP contribution is 2.32. The minimum Gasteiger partial charge on any atom is -0.339 e. The van der Waals surface area contributed by atoms with Gasteiger partial charge in [-0.15, -0.1) is 24.8 Å². The van der Waals surface area contributed by atoms with Gasteiger partial charge >= 0.3 is 0 Å². The van der Waals surface area contributed by atoms with Crippen molar-refractivity contribution in [3.63, 3.8) is 0 Å². The predicted molar refractivity (Wildman–Crippen MR) is 120 cm³/mol. The molecule has 2 aromatic rings. The summed E-state index contributed by atoms with van der Waals surface area (Å²) in [5.74, 6) is 0.187. The Morgan fingerprint density at radius 1 is 1.07 bits per heavy atom. The fourth-order valence-electron chi connectivity index (χ4n) is 5.02. The van der Waals surface area contributed by atoms with Crippen molar-refractivity contribution in [1.82, 2.24) is 19.7 Å². The molecule has 2 aliphatic heterocycles. The van der Waals surface area contributed by atoms with E-state index in [9.17, 15) is 4.79 Å². The van der Waals surface area contributed by atoms with E-state index in [2.05, 4.69) is 58.8 Å². The molecule has 0 aliphatic carbocycles. The Balaban J connectivity index is 0.00000140. The van der Waals surface area contributed by atoms with Crippen LogP contribution < -0.4 is 5.32 Å². The Morgan fingerprint density at radius 3 is 2.39 bits per heavy atom. The van der Waals surface area contributed by atoms with Crippen LogP contribution in [0, 0.1) is 13.8 Å². The van der Waals surface area contributed by atoms with Crippen LogP contribution in [0.4, 0.5) is 0 Å². The van der Waals surface area contributed by atoms with Crippen LogP contribution in [0.1, 0.15) is 34.5 Å². The Hall–Kier alpha value is -1.27. The monoisotopic (exact) mass is 426 g/mol. The molecule has 1 aromatic carbocycles. The largest absolute Gasteiger partial charge is 0.339 e. The Kier molecular flexibility index (Phi) is 7.08. The number of fused-ring (bicyclic) bond motifs is 1. The van der Waals surface area contributed by atoms with E-state index < -0.39 is 0 Å². The van der Waals surface area contributed by atoms with E-state index in [4.69, 9.17) is 0 Å². The Morgan fingerprint density at radius 2 is 1.75 bits per heavy atom. The van der Waals surface area contributed by atoms with Gasteiger partial charge in [0.1, 0.15) is 5.69 Å². The number of para-hydroxylation sites is 1. The van der Waals surface area contributed by atoms with Crippen LogP contribution in [0.3, 0.4) is 0 Å². The molecule has 0 atom stereocenters. The topological polar surface area (TPSA) is 40.5 Å². The van der Waals surface area contributed by atoms with Crippen molar-refractivity contribution >= 4 is 41.6 Å². The van der Waals surface area contributed by atoms with Gasteiger partial charge in [-0.1, -0.05) is 18.2 Å². The molecule has 0 bridgehead atoms. The highest BCUT2D eigenvalue weighted by molar-refractivity contribution is 6.02. The normalized spacial score (nSPS) is 19.4. The number of rotatable bonds is 1. The summed E-state index contributed by atoms with van der Waals surface area (Å²) >= 11 is 0. The molecule has 28 heavy (non-hydrogen) atoms. The standard InChI is InChI=1S/C21H30N4O.2ClH/c1-15-6-5-7-17-16(2)19(24(4)18(15)17)20(26)25-13-12-23(3)21(14-25)8-10-22-11-9-21;;/h5-7,22H,8-14H2,1-4H3;2*1H. The fourth-order valence-corrected chi connectivity index (χ4v) is 5.02. The van der Waals surface area contributed by atoms with E-state index in [1.165, 1.54) is 16.5 Å². The molecule has 2 saturated heterocycles. The molecule has 5 nitrogen and oxygen atoms in total. The van der Waals surface area contributed by atoms with Crippen molar-refractivity contribution in [1.29, 1.82) is 0 Å². The van der Waals surface area contributed by atoms with E-state index in [1.54, 1.807) is 0 Å². The minimum absolute atomic E-state index is 0. The van der Waals surface area contributed by atoms with Gasteiger partial charge in [-0.2, -0.15) is 0 Å². The number of nitrogens with one attached hydrogen (secondary N) is 1. The zero-order valence-electron chi connectivity index (χ0n) is 17.2. The van der Waals surface area contributed by atoms with Crippen molar-refractivity contribution in [3.05, 3.63) is 35.0 Å². The first-order valence-corrected chi connectivity index (χ1v) is 9.70. The summed E-state index contributed by atoms with van der Waals surface area (Å²) in [5, 5.41) is 4.66. The molecule has 7 heteroatoms.